The number of aliphatic hydroxyl groups excluding tert-OH is 1. The summed E-state index contributed by atoms with van der Waals surface area (Å²) in [6.45, 7) is 3.55. The smallest absolute Gasteiger partial charge is 0.256 e. The molecule has 1 saturated heterocycles. The molecular formula is C14H22N2O5S2. The summed E-state index contributed by atoms with van der Waals surface area (Å²) in [6.07, 6.45) is -1.25. The fourth-order valence-corrected chi connectivity index (χ4v) is 6.67. The third kappa shape index (κ3) is 3.58. The van der Waals surface area contributed by atoms with E-state index in [1.165, 1.54) is 25.2 Å². The maximum atomic E-state index is 13.0. The third-order valence-corrected chi connectivity index (χ3v) is 7.63. The number of hydrogen-bond acceptors (Lipinski definition) is 6. The van der Waals surface area contributed by atoms with Crippen molar-refractivity contribution in [1.29, 1.82) is 0 Å². The summed E-state index contributed by atoms with van der Waals surface area (Å²) in [4.78, 5) is 0.105. The van der Waals surface area contributed by atoms with Crippen molar-refractivity contribution in [3.63, 3.8) is 0 Å². The first-order chi connectivity index (χ1) is 10.5. The minimum absolute atomic E-state index is 0.105. The number of hydrogen-bond donors (Lipinski definition) is 1. The molecule has 1 fully saturated rings. The molecule has 2 atom stereocenters. The number of sulfone groups is 1. The van der Waals surface area contributed by atoms with Gasteiger partial charge in [0, 0.05) is 14.1 Å². The first kappa shape index (κ1) is 18.3. The minimum atomic E-state index is -3.98. The normalized spacial score (nSPS) is 24.5. The second kappa shape index (κ2) is 6.14. The molecule has 7 nitrogen and oxygen atoms in total. The van der Waals surface area contributed by atoms with Crippen LogP contribution in [0.5, 0.6) is 0 Å². The molecule has 23 heavy (non-hydrogen) atoms. The zero-order chi connectivity index (χ0) is 17.6. The third-order valence-electron chi connectivity index (χ3n) is 3.83. The van der Waals surface area contributed by atoms with E-state index in [1.54, 1.807) is 19.1 Å². The van der Waals surface area contributed by atoms with Crippen LogP contribution < -0.4 is 0 Å². The zero-order valence-corrected chi connectivity index (χ0v) is 15.2. The van der Waals surface area contributed by atoms with Crippen LogP contribution in [0.2, 0.25) is 0 Å². The Labute approximate surface area is 137 Å². The second-order valence-electron chi connectivity index (χ2n) is 6.11. The summed E-state index contributed by atoms with van der Waals surface area (Å²) >= 11 is 0. The van der Waals surface area contributed by atoms with Gasteiger partial charge >= 0.3 is 0 Å². The average Bonchev–Trinajstić information content (AvgIpc) is 2.61. The molecule has 0 aromatic heterocycles. The number of benzene rings is 1. The lowest BCUT2D eigenvalue weighted by atomic mass is 10.2. The summed E-state index contributed by atoms with van der Waals surface area (Å²) in [5, 5.41) is 11.4. The van der Waals surface area contributed by atoms with Crippen LogP contribution in [-0.2, 0) is 19.9 Å². The van der Waals surface area contributed by atoms with Crippen molar-refractivity contribution in [2.24, 2.45) is 0 Å². The predicted molar refractivity (Wildman–Crippen MR) is 87.1 cm³/mol. The largest absolute Gasteiger partial charge is 0.390 e. The van der Waals surface area contributed by atoms with Gasteiger partial charge in [0.2, 0.25) is 0 Å². The van der Waals surface area contributed by atoms with Crippen LogP contribution >= 0.6 is 0 Å². The highest BCUT2D eigenvalue weighted by Gasteiger charge is 2.46. The van der Waals surface area contributed by atoms with Gasteiger partial charge in [-0.15, -0.1) is 4.41 Å². The Morgan fingerprint density at radius 1 is 1.17 bits per heavy atom. The van der Waals surface area contributed by atoms with E-state index in [0.29, 0.717) is 5.56 Å². The molecule has 9 heteroatoms. The first-order valence-electron chi connectivity index (χ1n) is 7.13. The van der Waals surface area contributed by atoms with Gasteiger partial charge < -0.3 is 5.11 Å². The Kier molecular flexibility index (Phi) is 4.89. The van der Waals surface area contributed by atoms with Crippen molar-refractivity contribution in [3.05, 3.63) is 29.3 Å². The summed E-state index contributed by atoms with van der Waals surface area (Å²) < 4.78 is 50.5. The molecule has 130 valence electrons. The molecule has 0 aliphatic carbocycles. The molecule has 0 radical (unpaired) electrons. The van der Waals surface area contributed by atoms with E-state index in [1.807, 2.05) is 6.92 Å². The van der Waals surface area contributed by atoms with E-state index in [-0.39, 0.29) is 4.90 Å². The lowest BCUT2D eigenvalue weighted by molar-refractivity contribution is 0.0271. The Morgan fingerprint density at radius 3 is 2.22 bits per heavy atom. The van der Waals surface area contributed by atoms with Crippen LogP contribution in [0.25, 0.3) is 0 Å². The van der Waals surface area contributed by atoms with Crippen molar-refractivity contribution in [2.45, 2.75) is 30.9 Å². The van der Waals surface area contributed by atoms with E-state index in [4.69, 9.17) is 0 Å². The monoisotopic (exact) mass is 362 g/mol. The summed E-state index contributed by atoms with van der Waals surface area (Å²) in [5.41, 5.74) is 1.51. The van der Waals surface area contributed by atoms with Crippen molar-refractivity contribution in [2.75, 3.05) is 25.6 Å². The molecule has 0 amide bonds. The van der Waals surface area contributed by atoms with Gasteiger partial charge in [-0.25, -0.2) is 21.8 Å². The fourth-order valence-electron chi connectivity index (χ4n) is 2.90. The van der Waals surface area contributed by atoms with E-state index in [0.717, 1.165) is 9.98 Å². The molecule has 1 aliphatic rings. The predicted octanol–water partition coefficient (Wildman–Crippen LogP) is -0.0714. The summed E-state index contributed by atoms with van der Waals surface area (Å²) in [6, 6.07) is 3.92. The number of nitrogens with zero attached hydrogens (tertiary/aromatic N) is 2. The van der Waals surface area contributed by atoms with Crippen LogP contribution in [0.4, 0.5) is 0 Å². The van der Waals surface area contributed by atoms with Gasteiger partial charge in [-0.05, 0) is 25.5 Å². The average molecular weight is 362 g/mol. The van der Waals surface area contributed by atoms with Crippen molar-refractivity contribution in [3.8, 4) is 0 Å². The van der Waals surface area contributed by atoms with Gasteiger partial charge in [-0.3, -0.25) is 0 Å². The van der Waals surface area contributed by atoms with Gasteiger partial charge in [0.05, 0.1) is 28.5 Å². The molecule has 1 aromatic carbocycles. The lowest BCUT2D eigenvalue weighted by Crippen LogP contribution is -2.53. The van der Waals surface area contributed by atoms with Crippen molar-refractivity contribution in [1.82, 2.24) is 9.42 Å². The van der Waals surface area contributed by atoms with Gasteiger partial charge in [-0.2, -0.15) is 0 Å². The highest BCUT2D eigenvalue weighted by atomic mass is 32.2. The highest BCUT2D eigenvalue weighted by Crippen LogP contribution is 2.28. The fraction of sp³-hybridized carbons (Fsp3) is 0.571. The number of aryl methyl sites for hydroxylation is 2. The maximum Gasteiger partial charge on any atom is 0.256 e. The van der Waals surface area contributed by atoms with E-state index in [2.05, 4.69) is 0 Å². The van der Waals surface area contributed by atoms with E-state index >= 15 is 0 Å². The molecule has 1 N–H and O–H groups in total. The van der Waals surface area contributed by atoms with Crippen LogP contribution in [-0.4, -0.2) is 69.1 Å². The van der Waals surface area contributed by atoms with Crippen molar-refractivity contribution < 1.29 is 21.9 Å². The lowest BCUT2D eigenvalue weighted by Gasteiger charge is -2.34. The molecule has 1 heterocycles. The Hall–Kier alpha value is -1.00. The number of rotatable bonds is 4. The molecule has 1 aliphatic heterocycles. The SMILES string of the molecule is Cc1ccc(S(=O)(=O)N([C@H]2CS(=O)(=O)C[C@H]2O)N(C)C)c(C)c1. The first-order valence-corrected chi connectivity index (χ1v) is 10.4. The zero-order valence-electron chi connectivity index (χ0n) is 13.6. The highest BCUT2D eigenvalue weighted by molar-refractivity contribution is 7.92. The second-order valence-corrected chi connectivity index (χ2v) is 10.0. The Morgan fingerprint density at radius 2 is 1.78 bits per heavy atom. The van der Waals surface area contributed by atoms with Crippen LogP contribution in [0, 0.1) is 13.8 Å². The quantitative estimate of drug-likeness (QED) is 0.754. The van der Waals surface area contributed by atoms with Crippen molar-refractivity contribution >= 4 is 19.9 Å². The van der Waals surface area contributed by atoms with Crippen LogP contribution in [0.1, 0.15) is 11.1 Å². The Balaban J connectivity index is 2.53. The molecule has 0 spiro atoms. The topological polar surface area (TPSA) is 95.0 Å². The summed E-state index contributed by atoms with van der Waals surface area (Å²) in [7, 11) is -4.42. The molecular weight excluding hydrogens is 340 g/mol. The standard InChI is InChI=1S/C14H22N2O5S2/c1-10-5-6-14(11(2)7-10)23(20,21)16(15(3)4)12-8-22(18,19)9-13(12)17/h5-7,12-13,17H,8-9H2,1-4H3/t12-,13+/m0/s1. The molecule has 0 saturated carbocycles. The molecule has 0 bridgehead atoms. The maximum absolute atomic E-state index is 13.0. The van der Waals surface area contributed by atoms with E-state index in [9.17, 15) is 21.9 Å². The van der Waals surface area contributed by atoms with Gasteiger partial charge in [0.25, 0.3) is 10.0 Å². The van der Waals surface area contributed by atoms with E-state index < -0.39 is 43.5 Å². The molecule has 2 rings (SSSR count). The molecule has 1 aromatic rings. The number of aliphatic hydroxyl groups is 1. The number of hydrazine groups is 1. The van der Waals surface area contributed by atoms with Gasteiger partial charge in [0.15, 0.2) is 9.84 Å². The summed E-state index contributed by atoms with van der Waals surface area (Å²) in [5.74, 6) is -0.819. The van der Waals surface area contributed by atoms with Crippen LogP contribution in [0.15, 0.2) is 23.1 Å². The van der Waals surface area contributed by atoms with Crippen LogP contribution in [0.3, 0.4) is 0 Å². The minimum Gasteiger partial charge on any atom is -0.390 e. The Bertz CT molecular complexity index is 802. The number of sulfonamides is 1. The van der Waals surface area contributed by atoms with Gasteiger partial charge in [-0.1, -0.05) is 17.7 Å². The van der Waals surface area contributed by atoms with Gasteiger partial charge in [0.1, 0.15) is 0 Å². The molecule has 0 unspecified atom stereocenters.